The van der Waals surface area contributed by atoms with Crippen LogP contribution < -0.4 is 4.90 Å². The van der Waals surface area contributed by atoms with E-state index in [4.69, 9.17) is 11.6 Å². The second-order valence-electron chi connectivity index (χ2n) is 4.38. The highest BCUT2D eigenvalue weighted by atomic mass is 79.9. The van der Waals surface area contributed by atoms with Gasteiger partial charge in [0.05, 0.1) is 5.75 Å². The minimum Gasteiger partial charge on any atom is -0.279 e. The zero-order valence-electron chi connectivity index (χ0n) is 10.6. The molecule has 1 aromatic carbocycles. The second kappa shape index (κ2) is 5.94. The van der Waals surface area contributed by atoms with Crippen molar-refractivity contribution in [2.24, 2.45) is 0 Å². The summed E-state index contributed by atoms with van der Waals surface area (Å²) >= 11 is 10.7. The number of carbonyl (C=O) groups excluding carboxylic acids is 1. The Morgan fingerprint density at radius 3 is 2.81 bits per heavy atom. The van der Waals surface area contributed by atoms with E-state index in [1.54, 1.807) is 30.3 Å². The third-order valence-electron chi connectivity index (χ3n) is 3.06. The lowest BCUT2D eigenvalue weighted by atomic mass is 10.2. The molecule has 2 heterocycles. The van der Waals surface area contributed by atoms with Crippen molar-refractivity contribution in [1.82, 2.24) is 4.98 Å². The number of hydrogen-bond acceptors (Lipinski definition) is 3. The van der Waals surface area contributed by atoms with Crippen molar-refractivity contribution in [2.75, 3.05) is 10.7 Å². The van der Waals surface area contributed by atoms with Crippen molar-refractivity contribution in [3.05, 3.63) is 57.4 Å². The van der Waals surface area contributed by atoms with E-state index in [-0.39, 0.29) is 11.7 Å². The van der Waals surface area contributed by atoms with Gasteiger partial charge in [0.25, 0.3) is 0 Å². The van der Waals surface area contributed by atoms with Crippen LogP contribution in [-0.2, 0) is 4.79 Å². The lowest BCUT2D eigenvalue weighted by Gasteiger charge is -2.24. The maximum absolute atomic E-state index is 14.1. The lowest BCUT2D eigenvalue weighted by Crippen LogP contribution is -2.29. The van der Waals surface area contributed by atoms with Crippen LogP contribution in [0, 0.1) is 5.82 Å². The van der Waals surface area contributed by atoms with Crippen LogP contribution >= 0.6 is 39.3 Å². The Morgan fingerprint density at radius 2 is 2.10 bits per heavy atom. The number of halogens is 3. The first-order valence-electron chi connectivity index (χ1n) is 6.08. The van der Waals surface area contributed by atoms with E-state index >= 15 is 0 Å². The van der Waals surface area contributed by atoms with Crippen LogP contribution in [0.3, 0.4) is 0 Å². The van der Waals surface area contributed by atoms with E-state index in [0.717, 1.165) is 0 Å². The van der Waals surface area contributed by atoms with Gasteiger partial charge in [0.2, 0.25) is 5.91 Å². The van der Waals surface area contributed by atoms with Crippen molar-refractivity contribution in [3.63, 3.8) is 0 Å². The number of amides is 1. The Balaban J connectivity index is 2.08. The number of benzene rings is 1. The number of thioether (sulfide) groups is 1. The Kier molecular flexibility index (Phi) is 4.19. The second-order valence-corrected chi connectivity index (χ2v) is 6.67. The van der Waals surface area contributed by atoms with Gasteiger partial charge in [-0.2, -0.15) is 0 Å². The first-order chi connectivity index (χ1) is 10.1. The van der Waals surface area contributed by atoms with Gasteiger partial charge in [-0.1, -0.05) is 23.7 Å². The molecule has 0 bridgehead atoms. The highest BCUT2D eigenvalue weighted by Crippen LogP contribution is 2.44. The lowest BCUT2D eigenvalue weighted by molar-refractivity contribution is -0.115. The van der Waals surface area contributed by atoms with Crippen LogP contribution in [0.1, 0.15) is 10.9 Å². The molecule has 1 aliphatic heterocycles. The number of carbonyl (C=O) groups is 1. The smallest absolute Gasteiger partial charge is 0.239 e. The number of rotatable bonds is 2. The van der Waals surface area contributed by atoms with Crippen LogP contribution in [0.4, 0.5) is 10.2 Å². The zero-order valence-corrected chi connectivity index (χ0v) is 13.8. The summed E-state index contributed by atoms with van der Waals surface area (Å²) in [5.41, 5.74) is 0.316. The number of pyridine rings is 1. The van der Waals surface area contributed by atoms with E-state index in [1.807, 2.05) is 0 Å². The first kappa shape index (κ1) is 14.8. The highest BCUT2D eigenvalue weighted by molar-refractivity contribution is 9.10. The Morgan fingerprint density at radius 1 is 1.33 bits per heavy atom. The molecule has 0 aliphatic carbocycles. The molecule has 3 rings (SSSR count). The van der Waals surface area contributed by atoms with Gasteiger partial charge in [0.1, 0.15) is 21.6 Å². The van der Waals surface area contributed by atoms with Gasteiger partial charge in [-0.15, -0.1) is 11.8 Å². The quantitative estimate of drug-likeness (QED) is 0.715. The predicted molar refractivity (Wildman–Crippen MR) is 86.0 cm³/mol. The summed E-state index contributed by atoms with van der Waals surface area (Å²) in [6, 6.07) is 9.78. The summed E-state index contributed by atoms with van der Waals surface area (Å²) in [4.78, 5) is 17.9. The number of hydrogen-bond donors (Lipinski definition) is 0. The SMILES string of the molecule is O=C1CSC(c2c(F)cccc2Cl)N1c1cccc(Br)n1. The van der Waals surface area contributed by atoms with Crippen molar-refractivity contribution in [2.45, 2.75) is 5.37 Å². The molecule has 0 spiro atoms. The topological polar surface area (TPSA) is 33.2 Å². The maximum Gasteiger partial charge on any atom is 0.239 e. The zero-order chi connectivity index (χ0) is 15.0. The molecule has 0 radical (unpaired) electrons. The van der Waals surface area contributed by atoms with Crippen molar-refractivity contribution < 1.29 is 9.18 Å². The Labute approximate surface area is 138 Å². The molecule has 1 aromatic heterocycles. The molecule has 0 N–H and O–H groups in total. The predicted octanol–water partition coefficient (Wildman–Crippen LogP) is 4.42. The summed E-state index contributed by atoms with van der Waals surface area (Å²) in [6.07, 6.45) is 0. The van der Waals surface area contributed by atoms with E-state index in [9.17, 15) is 9.18 Å². The summed E-state index contributed by atoms with van der Waals surface area (Å²) in [7, 11) is 0. The van der Waals surface area contributed by atoms with Crippen LogP contribution in [0.25, 0.3) is 0 Å². The summed E-state index contributed by atoms with van der Waals surface area (Å²) in [6.45, 7) is 0. The largest absolute Gasteiger partial charge is 0.279 e. The van der Waals surface area contributed by atoms with Gasteiger partial charge in [0, 0.05) is 10.6 Å². The third kappa shape index (κ3) is 2.80. The van der Waals surface area contributed by atoms with E-state index in [2.05, 4.69) is 20.9 Å². The maximum atomic E-state index is 14.1. The van der Waals surface area contributed by atoms with E-state index in [0.29, 0.717) is 21.0 Å². The Hall–Kier alpha value is -1.11. The first-order valence-corrected chi connectivity index (χ1v) is 8.30. The van der Waals surface area contributed by atoms with Crippen LogP contribution in [-0.4, -0.2) is 16.6 Å². The van der Waals surface area contributed by atoms with Gasteiger partial charge in [-0.3, -0.25) is 9.69 Å². The van der Waals surface area contributed by atoms with Gasteiger partial charge in [0.15, 0.2) is 0 Å². The monoisotopic (exact) mass is 386 g/mol. The number of nitrogens with zero attached hydrogens (tertiary/aromatic N) is 2. The summed E-state index contributed by atoms with van der Waals surface area (Å²) in [5, 5.41) is -0.199. The molecule has 1 amide bonds. The fourth-order valence-corrected chi connectivity index (χ4v) is 4.05. The molecule has 1 fully saturated rings. The molecule has 108 valence electrons. The molecule has 0 saturated carbocycles. The van der Waals surface area contributed by atoms with Crippen LogP contribution in [0.2, 0.25) is 5.02 Å². The third-order valence-corrected chi connectivity index (χ3v) is 5.01. The van der Waals surface area contributed by atoms with Gasteiger partial charge in [-0.05, 0) is 40.2 Å². The molecule has 1 atom stereocenters. The molecule has 21 heavy (non-hydrogen) atoms. The van der Waals surface area contributed by atoms with Gasteiger partial charge < -0.3 is 0 Å². The molecule has 7 heteroatoms. The molecule has 1 saturated heterocycles. The van der Waals surface area contributed by atoms with E-state index < -0.39 is 11.2 Å². The fraction of sp³-hybridized carbons (Fsp3) is 0.143. The molecule has 1 unspecified atom stereocenters. The number of anilines is 1. The standard InChI is InChI=1S/C14H9BrClFN2OS/c15-10-5-2-6-11(18-10)19-12(20)7-21-14(19)13-8(16)3-1-4-9(13)17/h1-6,14H,7H2. The fourth-order valence-electron chi connectivity index (χ4n) is 2.16. The van der Waals surface area contributed by atoms with Crippen molar-refractivity contribution >= 4 is 51.0 Å². The summed E-state index contributed by atoms with van der Waals surface area (Å²) < 4.78 is 14.7. The molecular formula is C14H9BrClFN2OS. The molecule has 1 aliphatic rings. The molecule has 2 aromatic rings. The van der Waals surface area contributed by atoms with Crippen molar-refractivity contribution in [1.29, 1.82) is 0 Å². The van der Waals surface area contributed by atoms with Crippen molar-refractivity contribution in [3.8, 4) is 0 Å². The minimum atomic E-state index is -0.506. The van der Waals surface area contributed by atoms with Gasteiger partial charge in [-0.25, -0.2) is 9.37 Å². The minimum absolute atomic E-state index is 0.116. The average Bonchev–Trinajstić information content (AvgIpc) is 2.80. The average molecular weight is 388 g/mol. The summed E-state index contributed by atoms with van der Waals surface area (Å²) in [5.74, 6) is 0.206. The van der Waals surface area contributed by atoms with Gasteiger partial charge >= 0.3 is 0 Å². The normalized spacial score (nSPS) is 18.3. The Bertz CT molecular complexity index is 695. The van der Waals surface area contributed by atoms with Crippen LogP contribution in [0.15, 0.2) is 41.0 Å². The van der Waals surface area contributed by atoms with E-state index in [1.165, 1.54) is 22.7 Å². The highest BCUT2D eigenvalue weighted by Gasteiger charge is 2.37. The number of aromatic nitrogens is 1. The molecule has 3 nitrogen and oxygen atoms in total. The molecular weight excluding hydrogens is 379 g/mol. The van der Waals surface area contributed by atoms with Crippen LogP contribution in [0.5, 0.6) is 0 Å².